The Labute approximate surface area is 103 Å². The van der Waals surface area contributed by atoms with E-state index in [9.17, 15) is 10.1 Å². The second-order valence-electron chi connectivity index (χ2n) is 5.01. The van der Waals surface area contributed by atoms with Gasteiger partial charge in [-0.2, -0.15) is 5.26 Å². The lowest BCUT2D eigenvalue weighted by atomic mass is 9.80. The third-order valence-electron chi connectivity index (χ3n) is 3.86. The molecule has 0 unspecified atom stereocenters. The lowest BCUT2D eigenvalue weighted by molar-refractivity contribution is -0.143. The summed E-state index contributed by atoms with van der Waals surface area (Å²) in [6.07, 6.45) is 5.66. The molecule has 2 fully saturated rings. The van der Waals surface area contributed by atoms with Crippen LogP contribution in [-0.2, 0) is 9.53 Å². The van der Waals surface area contributed by atoms with Crippen molar-refractivity contribution in [2.45, 2.75) is 38.5 Å². The topological polar surface area (TPSA) is 53.3 Å². The number of ether oxygens (including phenoxy) is 1. The highest BCUT2D eigenvalue weighted by atomic mass is 16.5. The van der Waals surface area contributed by atoms with E-state index in [-0.39, 0.29) is 5.91 Å². The highest BCUT2D eigenvalue weighted by Gasteiger charge is 2.42. The van der Waals surface area contributed by atoms with Gasteiger partial charge in [0.1, 0.15) is 5.41 Å². The fourth-order valence-corrected chi connectivity index (χ4v) is 2.67. The average Bonchev–Trinajstić information content (AvgIpc) is 2.67. The van der Waals surface area contributed by atoms with Crippen LogP contribution in [0.25, 0.3) is 0 Å². The zero-order valence-electron chi connectivity index (χ0n) is 10.3. The molecule has 0 aromatic rings. The van der Waals surface area contributed by atoms with E-state index in [1.54, 1.807) is 0 Å². The molecule has 0 aliphatic carbocycles. The molecule has 4 heteroatoms. The summed E-state index contributed by atoms with van der Waals surface area (Å²) in [6.45, 7) is 2.71. The quantitative estimate of drug-likeness (QED) is 0.696. The number of amides is 1. The molecule has 0 aromatic heterocycles. The Morgan fingerprint density at radius 1 is 1.12 bits per heavy atom. The molecule has 1 amide bonds. The van der Waals surface area contributed by atoms with E-state index < -0.39 is 5.41 Å². The molecule has 0 radical (unpaired) electrons. The van der Waals surface area contributed by atoms with E-state index in [1.165, 1.54) is 12.8 Å². The molecule has 0 aromatic carbocycles. The number of likely N-dealkylation sites (tertiary alicyclic amines) is 1. The zero-order valence-corrected chi connectivity index (χ0v) is 10.3. The molecule has 0 saturated carbocycles. The van der Waals surface area contributed by atoms with Crippen LogP contribution in [0.3, 0.4) is 0 Å². The largest absolute Gasteiger partial charge is 0.381 e. The molecule has 2 saturated heterocycles. The first-order chi connectivity index (χ1) is 8.28. The van der Waals surface area contributed by atoms with Gasteiger partial charge in [-0.15, -0.1) is 0 Å². The van der Waals surface area contributed by atoms with Crippen LogP contribution in [0.15, 0.2) is 0 Å². The predicted molar refractivity (Wildman–Crippen MR) is 63.1 cm³/mol. The monoisotopic (exact) mass is 236 g/mol. The van der Waals surface area contributed by atoms with Gasteiger partial charge in [-0.1, -0.05) is 12.8 Å². The maximum atomic E-state index is 12.5. The molecule has 17 heavy (non-hydrogen) atoms. The summed E-state index contributed by atoms with van der Waals surface area (Å²) in [5, 5.41) is 9.36. The minimum atomic E-state index is -0.803. The van der Waals surface area contributed by atoms with Crippen LogP contribution in [0.2, 0.25) is 0 Å². The first-order valence-electron chi connectivity index (χ1n) is 6.57. The van der Waals surface area contributed by atoms with Crippen LogP contribution >= 0.6 is 0 Å². The van der Waals surface area contributed by atoms with Gasteiger partial charge in [0.2, 0.25) is 5.91 Å². The second-order valence-corrected chi connectivity index (χ2v) is 5.01. The predicted octanol–water partition coefficient (Wildman–Crippen LogP) is 1.71. The van der Waals surface area contributed by atoms with Crippen molar-refractivity contribution in [2.75, 3.05) is 26.3 Å². The SMILES string of the molecule is N#CC1(C(=O)N2CCCCCC2)CCOCC1. The maximum absolute atomic E-state index is 12.5. The van der Waals surface area contributed by atoms with Crippen molar-refractivity contribution in [3.8, 4) is 6.07 Å². The van der Waals surface area contributed by atoms with Gasteiger partial charge in [-0.05, 0) is 25.7 Å². The van der Waals surface area contributed by atoms with Gasteiger partial charge in [-0.3, -0.25) is 4.79 Å². The van der Waals surface area contributed by atoms with E-state index in [1.807, 2.05) is 4.90 Å². The Morgan fingerprint density at radius 3 is 2.24 bits per heavy atom. The number of hydrogen-bond acceptors (Lipinski definition) is 3. The van der Waals surface area contributed by atoms with Crippen molar-refractivity contribution in [2.24, 2.45) is 5.41 Å². The lowest BCUT2D eigenvalue weighted by Crippen LogP contribution is -2.46. The van der Waals surface area contributed by atoms with Crippen LogP contribution in [0.1, 0.15) is 38.5 Å². The lowest BCUT2D eigenvalue weighted by Gasteiger charge is -2.34. The summed E-state index contributed by atoms with van der Waals surface area (Å²) in [5.41, 5.74) is -0.803. The van der Waals surface area contributed by atoms with E-state index in [0.29, 0.717) is 26.1 Å². The number of hydrogen-bond donors (Lipinski definition) is 0. The minimum absolute atomic E-state index is 0.0465. The molecule has 2 aliphatic heterocycles. The summed E-state index contributed by atoms with van der Waals surface area (Å²) in [4.78, 5) is 14.4. The second kappa shape index (κ2) is 5.50. The molecule has 94 valence electrons. The van der Waals surface area contributed by atoms with Crippen molar-refractivity contribution in [3.63, 3.8) is 0 Å². The normalized spacial score (nSPS) is 24.8. The Bertz CT molecular complexity index is 308. The average molecular weight is 236 g/mol. The molecule has 0 bridgehead atoms. The number of nitriles is 1. The van der Waals surface area contributed by atoms with Gasteiger partial charge < -0.3 is 9.64 Å². The summed E-state index contributed by atoms with van der Waals surface area (Å²) >= 11 is 0. The van der Waals surface area contributed by atoms with Crippen LogP contribution < -0.4 is 0 Å². The number of rotatable bonds is 1. The summed E-state index contributed by atoms with van der Waals surface area (Å²) < 4.78 is 5.27. The van der Waals surface area contributed by atoms with Crippen molar-refractivity contribution >= 4 is 5.91 Å². The summed E-state index contributed by atoms with van der Waals surface area (Å²) in [7, 11) is 0. The Hall–Kier alpha value is -1.08. The fraction of sp³-hybridized carbons (Fsp3) is 0.846. The Morgan fingerprint density at radius 2 is 1.71 bits per heavy atom. The molecule has 4 nitrogen and oxygen atoms in total. The van der Waals surface area contributed by atoms with Gasteiger partial charge in [0, 0.05) is 26.3 Å². The van der Waals surface area contributed by atoms with Crippen LogP contribution in [0, 0.1) is 16.7 Å². The van der Waals surface area contributed by atoms with Gasteiger partial charge in [0.05, 0.1) is 6.07 Å². The smallest absolute Gasteiger partial charge is 0.243 e. The number of nitrogens with zero attached hydrogens (tertiary/aromatic N) is 2. The van der Waals surface area contributed by atoms with Gasteiger partial charge in [-0.25, -0.2) is 0 Å². The molecule has 2 heterocycles. The van der Waals surface area contributed by atoms with Crippen molar-refractivity contribution in [1.82, 2.24) is 4.90 Å². The summed E-state index contributed by atoms with van der Waals surface area (Å²) in [6, 6.07) is 2.26. The van der Waals surface area contributed by atoms with Crippen molar-refractivity contribution < 1.29 is 9.53 Å². The number of carbonyl (C=O) groups is 1. The van der Waals surface area contributed by atoms with Gasteiger partial charge >= 0.3 is 0 Å². The van der Waals surface area contributed by atoms with Crippen molar-refractivity contribution in [1.29, 1.82) is 5.26 Å². The molecular weight excluding hydrogens is 216 g/mol. The van der Waals surface area contributed by atoms with E-state index in [4.69, 9.17) is 4.74 Å². The third kappa shape index (κ3) is 2.61. The molecular formula is C13H20N2O2. The zero-order chi connectivity index (χ0) is 12.1. The third-order valence-corrected chi connectivity index (χ3v) is 3.86. The Kier molecular flexibility index (Phi) is 4.01. The first-order valence-corrected chi connectivity index (χ1v) is 6.57. The van der Waals surface area contributed by atoms with Crippen LogP contribution in [0.5, 0.6) is 0 Å². The standard InChI is InChI=1S/C13H20N2O2/c14-11-13(5-9-17-10-6-13)12(16)15-7-3-1-2-4-8-15/h1-10H2. The molecule has 2 rings (SSSR count). The molecule has 2 aliphatic rings. The minimum Gasteiger partial charge on any atom is -0.381 e. The Balaban J connectivity index is 2.07. The molecule has 0 spiro atoms. The molecule has 0 atom stereocenters. The van der Waals surface area contributed by atoms with E-state index >= 15 is 0 Å². The fourth-order valence-electron chi connectivity index (χ4n) is 2.67. The highest BCUT2D eigenvalue weighted by molar-refractivity contribution is 5.85. The number of carbonyl (C=O) groups excluding carboxylic acids is 1. The molecule has 0 N–H and O–H groups in total. The summed E-state index contributed by atoms with van der Waals surface area (Å²) in [5.74, 6) is 0.0465. The van der Waals surface area contributed by atoms with Crippen LogP contribution in [-0.4, -0.2) is 37.1 Å². The van der Waals surface area contributed by atoms with Gasteiger partial charge in [0.15, 0.2) is 0 Å². The van der Waals surface area contributed by atoms with Crippen LogP contribution in [0.4, 0.5) is 0 Å². The van der Waals surface area contributed by atoms with E-state index in [2.05, 4.69) is 6.07 Å². The first kappa shape index (κ1) is 12.4. The maximum Gasteiger partial charge on any atom is 0.243 e. The highest BCUT2D eigenvalue weighted by Crippen LogP contribution is 2.32. The van der Waals surface area contributed by atoms with Gasteiger partial charge in [0.25, 0.3) is 0 Å². The van der Waals surface area contributed by atoms with Crippen molar-refractivity contribution in [3.05, 3.63) is 0 Å². The van der Waals surface area contributed by atoms with E-state index in [0.717, 1.165) is 25.9 Å².